The van der Waals surface area contributed by atoms with Crippen molar-refractivity contribution in [3.05, 3.63) is 54.1 Å². The van der Waals surface area contributed by atoms with Crippen molar-refractivity contribution in [1.29, 1.82) is 0 Å². The zero-order valence-corrected chi connectivity index (χ0v) is 15.7. The van der Waals surface area contributed by atoms with Crippen LogP contribution in [0.3, 0.4) is 0 Å². The second kappa shape index (κ2) is 8.62. The van der Waals surface area contributed by atoms with Crippen LogP contribution in [0.4, 0.5) is 10.5 Å². The highest BCUT2D eigenvalue weighted by Crippen LogP contribution is 2.26. The molecular weight excluding hydrogens is 342 g/mol. The quantitative estimate of drug-likeness (QED) is 0.850. The first-order valence-electron chi connectivity index (χ1n) is 9.17. The lowest BCUT2D eigenvalue weighted by Crippen LogP contribution is -2.42. The SMILES string of the molecule is Cc1cnc(CNC(=O)[C@H]2CC[C@@H](NC(=O)N(C)c3ccccc3)C2)cn1. The summed E-state index contributed by atoms with van der Waals surface area (Å²) in [5.41, 5.74) is 2.42. The van der Waals surface area contributed by atoms with Crippen molar-refractivity contribution in [2.24, 2.45) is 5.92 Å². The Morgan fingerprint density at radius 1 is 1.15 bits per heavy atom. The van der Waals surface area contributed by atoms with Gasteiger partial charge in [0.05, 0.1) is 24.1 Å². The summed E-state index contributed by atoms with van der Waals surface area (Å²) in [6.07, 6.45) is 5.58. The summed E-state index contributed by atoms with van der Waals surface area (Å²) >= 11 is 0. The maximum absolute atomic E-state index is 12.4. The van der Waals surface area contributed by atoms with E-state index in [1.807, 2.05) is 37.3 Å². The predicted molar refractivity (Wildman–Crippen MR) is 103 cm³/mol. The molecule has 0 bridgehead atoms. The molecule has 7 nitrogen and oxygen atoms in total. The third-order valence-electron chi connectivity index (χ3n) is 4.86. The third kappa shape index (κ3) is 5.03. The summed E-state index contributed by atoms with van der Waals surface area (Å²) in [5, 5.41) is 5.94. The van der Waals surface area contributed by atoms with Gasteiger partial charge in [-0.3, -0.25) is 19.7 Å². The molecule has 27 heavy (non-hydrogen) atoms. The Morgan fingerprint density at radius 2 is 1.93 bits per heavy atom. The fourth-order valence-corrected chi connectivity index (χ4v) is 3.22. The molecule has 0 radical (unpaired) electrons. The fraction of sp³-hybridized carbons (Fsp3) is 0.400. The first-order valence-corrected chi connectivity index (χ1v) is 9.17. The van der Waals surface area contributed by atoms with Crippen LogP contribution in [0, 0.1) is 12.8 Å². The number of para-hydroxylation sites is 1. The molecule has 3 rings (SSSR count). The molecule has 1 saturated carbocycles. The van der Waals surface area contributed by atoms with Crippen molar-refractivity contribution in [2.75, 3.05) is 11.9 Å². The van der Waals surface area contributed by atoms with Gasteiger partial charge in [0.15, 0.2) is 0 Å². The lowest BCUT2D eigenvalue weighted by molar-refractivity contribution is -0.125. The van der Waals surface area contributed by atoms with Crippen LogP contribution in [0.1, 0.15) is 30.7 Å². The Bertz CT molecular complexity index is 779. The zero-order chi connectivity index (χ0) is 19.2. The number of carbonyl (C=O) groups is 2. The van der Waals surface area contributed by atoms with E-state index in [9.17, 15) is 9.59 Å². The van der Waals surface area contributed by atoms with Gasteiger partial charge in [0.1, 0.15) is 0 Å². The van der Waals surface area contributed by atoms with E-state index in [2.05, 4.69) is 20.6 Å². The Morgan fingerprint density at radius 3 is 2.63 bits per heavy atom. The average molecular weight is 367 g/mol. The number of benzene rings is 1. The van der Waals surface area contributed by atoms with Crippen molar-refractivity contribution in [2.45, 2.75) is 38.8 Å². The minimum absolute atomic E-state index is 0.00513. The summed E-state index contributed by atoms with van der Waals surface area (Å²) < 4.78 is 0. The second-order valence-electron chi connectivity index (χ2n) is 6.92. The molecule has 142 valence electrons. The maximum atomic E-state index is 12.4. The molecule has 3 amide bonds. The van der Waals surface area contributed by atoms with Crippen LogP contribution in [0.5, 0.6) is 0 Å². The standard InChI is InChI=1S/C20H25N5O2/c1-14-11-22-17(12-21-14)13-23-19(26)15-8-9-16(10-15)24-20(27)25(2)18-6-4-3-5-7-18/h3-7,11-12,15-16H,8-10,13H2,1-2H3,(H,23,26)(H,24,27)/t15-,16+/m0/s1. The normalized spacial score (nSPS) is 18.7. The molecule has 1 aromatic heterocycles. The molecule has 2 atom stereocenters. The minimum Gasteiger partial charge on any atom is -0.350 e. The maximum Gasteiger partial charge on any atom is 0.321 e. The zero-order valence-electron chi connectivity index (χ0n) is 15.7. The van der Waals surface area contributed by atoms with E-state index in [-0.39, 0.29) is 23.9 Å². The van der Waals surface area contributed by atoms with Gasteiger partial charge in [-0.1, -0.05) is 18.2 Å². The molecule has 1 aliphatic carbocycles. The molecular formula is C20H25N5O2. The van der Waals surface area contributed by atoms with E-state index in [4.69, 9.17) is 0 Å². The van der Waals surface area contributed by atoms with Crippen molar-refractivity contribution in [1.82, 2.24) is 20.6 Å². The number of hydrogen-bond donors (Lipinski definition) is 2. The number of aromatic nitrogens is 2. The van der Waals surface area contributed by atoms with E-state index in [0.29, 0.717) is 13.0 Å². The number of aryl methyl sites for hydroxylation is 1. The molecule has 1 aromatic carbocycles. The van der Waals surface area contributed by atoms with E-state index < -0.39 is 0 Å². The van der Waals surface area contributed by atoms with Gasteiger partial charge >= 0.3 is 6.03 Å². The Balaban J connectivity index is 1.45. The van der Waals surface area contributed by atoms with Gasteiger partial charge in [0.2, 0.25) is 5.91 Å². The molecule has 1 heterocycles. The molecule has 1 aliphatic rings. The molecule has 0 saturated heterocycles. The van der Waals surface area contributed by atoms with Crippen LogP contribution in [-0.2, 0) is 11.3 Å². The highest BCUT2D eigenvalue weighted by molar-refractivity contribution is 5.91. The Hall–Kier alpha value is -2.96. The molecule has 0 spiro atoms. The van der Waals surface area contributed by atoms with Gasteiger partial charge in [0, 0.05) is 30.9 Å². The van der Waals surface area contributed by atoms with Gasteiger partial charge < -0.3 is 10.6 Å². The highest BCUT2D eigenvalue weighted by Gasteiger charge is 2.31. The topological polar surface area (TPSA) is 87.2 Å². The second-order valence-corrected chi connectivity index (χ2v) is 6.92. The van der Waals surface area contributed by atoms with Gasteiger partial charge in [-0.2, -0.15) is 0 Å². The third-order valence-corrected chi connectivity index (χ3v) is 4.86. The van der Waals surface area contributed by atoms with Crippen LogP contribution in [0.15, 0.2) is 42.7 Å². The molecule has 1 fully saturated rings. The number of urea groups is 1. The van der Waals surface area contributed by atoms with Gasteiger partial charge in [-0.05, 0) is 38.3 Å². The monoisotopic (exact) mass is 367 g/mol. The molecule has 0 aliphatic heterocycles. The first kappa shape index (κ1) is 18.8. The average Bonchev–Trinajstić information content (AvgIpc) is 3.16. The number of hydrogen-bond acceptors (Lipinski definition) is 4. The van der Waals surface area contributed by atoms with Crippen molar-refractivity contribution < 1.29 is 9.59 Å². The van der Waals surface area contributed by atoms with E-state index >= 15 is 0 Å². The number of anilines is 1. The van der Waals surface area contributed by atoms with E-state index in [1.54, 1.807) is 24.3 Å². The van der Waals surface area contributed by atoms with E-state index in [0.717, 1.165) is 29.9 Å². The van der Waals surface area contributed by atoms with Gasteiger partial charge in [0.25, 0.3) is 0 Å². The van der Waals surface area contributed by atoms with Gasteiger partial charge in [-0.25, -0.2) is 4.79 Å². The lowest BCUT2D eigenvalue weighted by atomic mass is 10.1. The van der Waals surface area contributed by atoms with Crippen LogP contribution in [0.2, 0.25) is 0 Å². The molecule has 2 N–H and O–H groups in total. The number of rotatable bonds is 5. The van der Waals surface area contributed by atoms with Crippen LogP contribution in [0.25, 0.3) is 0 Å². The van der Waals surface area contributed by atoms with Crippen molar-refractivity contribution >= 4 is 17.6 Å². The smallest absolute Gasteiger partial charge is 0.321 e. The highest BCUT2D eigenvalue weighted by atomic mass is 16.2. The molecule has 7 heteroatoms. The first-order chi connectivity index (χ1) is 13.0. The summed E-state index contributed by atoms with van der Waals surface area (Å²) in [4.78, 5) is 34.8. The van der Waals surface area contributed by atoms with E-state index in [1.165, 1.54) is 0 Å². The summed E-state index contributed by atoms with van der Waals surface area (Å²) in [5.74, 6) is -0.0822. The fourth-order valence-electron chi connectivity index (χ4n) is 3.22. The summed E-state index contributed by atoms with van der Waals surface area (Å²) in [6.45, 7) is 2.24. The Labute approximate surface area is 159 Å². The predicted octanol–water partition coefficient (Wildman–Crippen LogP) is 2.42. The largest absolute Gasteiger partial charge is 0.350 e. The number of nitrogens with one attached hydrogen (secondary N) is 2. The molecule has 0 unspecified atom stereocenters. The minimum atomic E-state index is -0.151. The molecule has 2 aromatic rings. The van der Waals surface area contributed by atoms with Crippen LogP contribution in [-0.4, -0.2) is 35.0 Å². The number of carbonyl (C=O) groups excluding carboxylic acids is 2. The van der Waals surface area contributed by atoms with Crippen LogP contribution >= 0.6 is 0 Å². The van der Waals surface area contributed by atoms with Crippen molar-refractivity contribution in [3.8, 4) is 0 Å². The summed E-state index contributed by atoms with van der Waals surface area (Å²) in [6, 6.07) is 9.34. The van der Waals surface area contributed by atoms with Crippen LogP contribution < -0.4 is 15.5 Å². The Kier molecular flexibility index (Phi) is 6.01. The van der Waals surface area contributed by atoms with Crippen molar-refractivity contribution in [3.63, 3.8) is 0 Å². The lowest BCUT2D eigenvalue weighted by Gasteiger charge is -2.21. The van der Waals surface area contributed by atoms with Gasteiger partial charge in [-0.15, -0.1) is 0 Å². The summed E-state index contributed by atoms with van der Waals surface area (Å²) in [7, 11) is 1.74. The number of amides is 3. The number of nitrogens with zero attached hydrogens (tertiary/aromatic N) is 3.